The molecular weight excluding hydrogens is 267 g/mol. The number of aromatic nitrogens is 1. The zero-order chi connectivity index (χ0) is 14.9. The molecule has 1 fully saturated rings. The first kappa shape index (κ1) is 15.3. The molecule has 0 radical (unpaired) electrons. The van der Waals surface area contributed by atoms with Crippen LogP contribution in [0.1, 0.15) is 23.2 Å². The zero-order valence-corrected chi connectivity index (χ0v) is 12.0. The lowest BCUT2D eigenvalue weighted by molar-refractivity contribution is -0.138. The van der Waals surface area contributed by atoms with E-state index < -0.39 is 11.7 Å². The Morgan fingerprint density at radius 3 is 2.65 bits per heavy atom. The number of nitrogens with zero attached hydrogens (tertiary/aromatic N) is 3. The van der Waals surface area contributed by atoms with Gasteiger partial charge in [0, 0.05) is 37.6 Å². The van der Waals surface area contributed by atoms with Gasteiger partial charge in [0.05, 0.1) is 5.56 Å². The smallest absolute Gasteiger partial charge is 0.305 e. The summed E-state index contributed by atoms with van der Waals surface area (Å²) in [6.07, 6.45) is -1.73. The van der Waals surface area contributed by atoms with E-state index in [4.69, 9.17) is 0 Å². The van der Waals surface area contributed by atoms with Crippen LogP contribution in [0.4, 0.5) is 13.2 Å². The molecule has 6 heteroatoms. The molecule has 1 aliphatic rings. The number of aryl methyl sites for hydroxylation is 1. The molecule has 0 aromatic carbocycles. The molecule has 1 aromatic heterocycles. The minimum Gasteiger partial charge on any atom is -0.305 e. The van der Waals surface area contributed by atoms with E-state index in [1.165, 1.54) is 13.0 Å². The molecule has 1 aromatic rings. The van der Waals surface area contributed by atoms with Crippen molar-refractivity contribution in [3.05, 3.63) is 29.1 Å². The number of likely N-dealkylation sites (N-methyl/N-ethyl adjacent to an activating group) is 1. The summed E-state index contributed by atoms with van der Waals surface area (Å²) in [5.41, 5.74) is 0.0366. The van der Waals surface area contributed by atoms with Crippen molar-refractivity contribution in [1.82, 2.24) is 14.8 Å². The number of likely N-dealkylation sites (tertiary alicyclic amines) is 1. The van der Waals surface area contributed by atoms with Gasteiger partial charge in [0.1, 0.15) is 0 Å². The lowest BCUT2D eigenvalue weighted by Gasteiger charge is -2.20. The largest absolute Gasteiger partial charge is 0.418 e. The first-order valence-electron chi connectivity index (χ1n) is 6.69. The van der Waals surface area contributed by atoms with Crippen LogP contribution in [0.15, 0.2) is 12.3 Å². The topological polar surface area (TPSA) is 19.4 Å². The van der Waals surface area contributed by atoms with Gasteiger partial charge in [-0.1, -0.05) is 0 Å². The predicted octanol–water partition coefficient (Wildman–Crippen LogP) is 2.54. The van der Waals surface area contributed by atoms with E-state index in [1.54, 1.807) is 6.20 Å². The Balaban J connectivity index is 2.08. The van der Waals surface area contributed by atoms with Crippen LogP contribution < -0.4 is 0 Å². The average Bonchev–Trinajstić information content (AvgIpc) is 2.79. The summed E-state index contributed by atoms with van der Waals surface area (Å²) >= 11 is 0. The Bertz CT molecular complexity index is 471. The average molecular weight is 287 g/mol. The number of alkyl halides is 3. The second-order valence-corrected chi connectivity index (χ2v) is 5.62. The fourth-order valence-electron chi connectivity index (χ4n) is 2.59. The van der Waals surface area contributed by atoms with Crippen molar-refractivity contribution >= 4 is 0 Å². The molecule has 1 unspecified atom stereocenters. The van der Waals surface area contributed by atoms with Crippen molar-refractivity contribution in [2.75, 3.05) is 27.2 Å². The van der Waals surface area contributed by atoms with Crippen LogP contribution in [0.3, 0.4) is 0 Å². The summed E-state index contributed by atoms with van der Waals surface area (Å²) in [5, 5.41) is 0. The number of hydrogen-bond acceptors (Lipinski definition) is 3. The van der Waals surface area contributed by atoms with Crippen molar-refractivity contribution < 1.29 is 13.2 Å². The Morgan fingerprint density at radius 2 is 2.10 bits per heavy atom. The molecule has 0 bridgehead atoms. The highest BCUT2D eigenvalue weighted by Crippen LogP contribution is 2.31. The third-order valence-corrected chi connectivity index (χ3v) is 3.83. The standard InChI is InChI=1S/C14H20F3N3/c1-10-13(14(15,16)17)6-11(7-18-10)8-20-5-4-12(9-20)19(2)3/h6-7,12H,4-5,8-9H2,1-3H3. The Labute approximate surface area is 117 Å². The van der Waals surface area contributed by atoms with Gasteiger partial charge in [-0.3, -0.25) is 9.88 Å². The number of pyridine rings is 1. The summed E-state index contributed by atoms with van der Waals surface area (Å²) < 4.78 is 38.5. The molecular formula is C14H20F3N3. The minimum atomic E-state index is -4.33. The quantitative estimate of drug-likeness (QED) is 0.851. The maximum atomic E-state index is 12.8. The lowest BCUT2D eigenvalue weighted by atomic mass is 10.1. The van der Waals surface area contributed by atoms with Gasteiger partial charge in [0.15, 0.2) is 0 Å². The molecule has 1 aliphatic heterocycles. The number of hydrogen-bond donors (Lipinski definition) is 0. The van der Waals surface area contributed by atoms with E-state index in [-0.39, 0.29) is 5.69 Å². The van der Waals surface area contributed by atoms with E-state index >= 15 is 0 Å². The van der Waals surface area contributed by atoms with Crippen LogP contribution in [-0.2, 0) is 12.7 Å². The van der Waals surface area contributed by atoms with Crippen LogP contribution >= 0.6 is 0 Å². The van der Waals surface area contributed by atoms with Gasteiger partial charge >= 0.3 is 6.18 Å². The Kier molecular flexibility index (Phi) is 4.34. The van der Waals surface area contributed by atoms with Gasteiger partial charge in [0.2, 0.25) is 0 Å². The monoisotopic (exact) mass is 287 g/mol. The third kappa shape index (κ3) is 3.49. The first-order chi connectivity index (χ1) is 9.27. The van der Waals surface area contributed by atoms with Gasteiger partial charge in [-0.25, -0.2) is 0 Å². The molecule has 3 nitrogen and oxygen atoms in total. The van der Waals surface area contributed by atoms with E-state index in [1.807, 2.05) is 14.1 Å². The Hall–Kier alpha value is -1.14. The lowest BCUT2D eigenvalue weighted by Crippen LogP contribution is -2.31. The van der Waals surface area contributed by atoms with Crippen LogP contribution in [0.5, 0.6) is 0 Å². The SMILES string of the molecule is Cc1ncc(CN2CCC(N(C)C)C2)cc1C(F)(F)F. The molecule has 2 heterocycles. The summed E-state index contributed by atoms with van der Waals surface area (Å²) in [6, 6.07) is 1.71. The normalized spacial score (nSPS) is 20.9. The maximum absolute atomic E-state index is 12.8. The highest BCUT2D eigenvalue weighted by molar-refractivity contribution is 5.27. The van der Waals surface area contributed by atoms with E-state index in [0.29, 0.717) is 18.2 Å². The van der Waals surface area contributed by atoms with Gasteiger partial charge in [-0.05, 0) is 39.1 Å². The Morgan fingerprint density at radius 1 is 1.40 bits per heavy atom. The van der Waals surface area contributed by atoms with Crippen molar-refractivity contribution in [3.63, 3.8) is 0 Å². The van der Waals surface area contributed by atoms with Crippen molar-refractivity contribution in [1.29, 1.82) is 0 Å². The van der Waals surface area contributed by atoms with Gasteiger partial charge in [-0.2, -0.15) is 13.2 Å². The summed E-state index contributed by atoms with van der Waals surface area (Å²) in [5.74, 6) is 0. The molecule has 1 saturated heterocycles. The molecule has 0 aliphatic carbocycles. The number of rotatable bonds is 3. The van der Waals surface area contributed by atoms with Crippen LogP contribution in [0, 0.1) is 6.92 Å². The van der Waals surface area contributed by atoms with Crippen molar-refractivity contribution in [2.45, 2.75) is 32.1 Å². The molecule has 0 saturated carbocycles. The minimum absolute atomic E-state index is 0.0360. The van der Waals surface area contributed by atoms with Crippen LogP contribution in [0.2, 0.25) is 0 Å². The van der Waals surface area contributed by atoms with Crippen LogP contribution in [-0.4, -0.2) is 48.0 Å². The van der Waals surface area contributed by atoms with E-state index in [2.05, 4.69) is 14.8 Å². The highest BCUT2D eigenvalue weighted by Gasteiger charge is 2.33. The van der Waals surface area contributed by atoms with Crippen molar-refractivity contribution in [2.24, 2.45) is 0 Å². The fourth-order valence-corrected chi connectivity index (χ4v) is 2.59. The summed E-state index contributed by atoms with van der Waals surface area (Å²) in [6.45, 7) is 3.73. The summed E-state index contributed by atoms with van der Waals surface area (Å²) in [7, 11) is 4.06. The second-order valence-electron chi connectivity index (χ2n) is 5.62. The van der Waals surface area contributed by atoms with Crippen molar-refractivity contribution in [3.8, 4) is 0 Å². The highest BCUT2D eigenvalue weighted by atomic mass is 19.4. The van der Waals surface area contributed by atoms with Gasteiger partial charge in [-0.15, -0.1) is 0 Å². The van der Waals surface area contributed by atoms with Gasteiger partial charge < -0.3 is 4.90 Å². The zero-order valence-electron chi connectivity index (χ0n) is 12.0. The fraction of sp³-hybridized carbons (Fsp3) is 0.643. The predicted molar refractivity (Wildman–Crippen MR) is 71.3 cm³/mol. The summed E-state index contributed by atoms with van der Waals surface area (Å²) in [4.78, 5) is 8.22. The molecule has 2 rings (SSSR count). The van der Waals surface area contributed by atoms with Gasteiger partial charge in [0.25, 0.3) is 0 Å². The van der Waals surface area contributed by atoms with E-state index in [9.17, 15) is 13.2 Å². The maximum Gasteiger partial charge on any atom is 0.418 e. The first-order valence-corrected chi connectivity index (χ1v) is 6.69. The molecule has 0 N–H and O–H groups in total. The second kappa shape index (κ2) is 5.69. The van der Waals surface area contributed by atoms with E-state index in [0.717, 1.165) is 19.5 Å². The van der Waals surface area contributed by atoms with Crippen LogP contribution in [0.25, 0.3) is 0 Å². The molecule has 112 valence electrons. The molecule has 0 amide bonds. The molecule has 20 heavy (non-hydrogen) atoms. The number of halogens is 3. The molecule has 0 spiro atoms. The third-order valence-electron chi connectivity index (χ3n) is 3.83. The molecule has 1 atom stereocenters.